The number of nitrogens with zero attached hydrogens (tertiary/aromatic N) is 1. The molecule has 0 aliphatic heterocycles. The van der Waals surface area contributed by atoms with E-state index in [1.165, 1.54) is 19.3 Å². The summed E-state index contributed by atoms with van der Waals surface area (Å²) in [7, 11) is 0. The fourth-order valence-electron chi connectivity index (χ4n) is 3.59. The van der Waals surface area contributed by atoms with Crippen molar-refractivity contribution in [1.29, 1.82) is 0 Å². The van der Waals surface area contributed by atoms with Crippen molar-refractivity contribution in [3.05, 3.63) is 41.7 Å². The maximum atomic E-state index is 10.7. The van der Waals surface area contributed by atoms with E-state index in [0.29, 0.717) is 22.6 Å². The van der Waals surface area contributed by atoms with E-state index in [1.54, 1.807) is 44.4 Å². The zero-order chi connectivity index (χ0) is 20.2. The number of phenolic OH excluding ortho intramolecular Hbond substituents is 2. The Hall–Kier alpha value is -2.07. The predicted molar refractivity (Wildman–Crippen MR) is 110 cm³/mol. The smallest absolute Gasteiger partial charge is 0.127 e. The van der Waals surface area contributed by atoms with Gasteiger partial charge in [0.05, 0.1) is 11.2 Å². The van der Waals surface area contributed by atoms with Crippen molar-refractivity contribution >= 4 is 0 Å². The molecular formula is C23H33NO3. The minimum atomic E-state index is -1.11. The molecule has 0 saturated heterocycles. The Kier molecular flexibility index (Phi) is 6.88. The number of aliphatic hydroxyl groups is 1. The molecule has 1 heterocycles. The molecule has 2 rings (SSSR count). The van der Waals surface area contributed by atoms with Crippen molar-refractivity contribution in [3.8, 4) is 22.6 Å². The van der Waals surface area contributed by atoms with Crippen molar-refractivity contribution in [3.63, 3.8) is 0 Å². The molecule has 1 aromatic heterocycles. The number of hydrogen-bond donors (Lipinski definition) is 3. The highest BCUT2D eigenvalue weighted by atomic mass is 16.3. The monoisotopic (exact) mass is 371 g/mol. The molecule has 27 heavy (non-hydrogen) atoms. The van der Waals surface area contributed by atoms with Gasteiger partial charge in [0.15, 0.2) is 0 Å². The number of rotatable bonds is 8. The molecule has 0 aliphatic carbocycles. The lowest BCUT2D eigenvalue weighted by atomic mass is 9.83. The first-order chi connectivity index (χ1) is 12.7. The fourth-order valence-corrected chi connectivity index (χ4v) is 3.59. The van der Waals surface area contributed by atoms with E-state index >= 15 is 0 Å². The summed E-state index contributed by atoms with van der Waals surface area (Å²) in [6.45, 7) is 9.90. The third-order valence-electron chi connectivity index (χ3n) is 5.51. The van der Waals surface area contributed by atoms with Crippen LogP contribution in [0.25, 0.3) is 11.1 Å². The largest absolute Gasteiger partial charge is 0.507 e. The zero-order valence-corrected chi connectivity index (χ0v) is 17.2. The van der Waals surface area contributed by atoms with E-state index in [4.69, 9.17) is 0 Å². The maximum absolute atomic E-state index is 10.7. The summed E-state index contributed by atoms with van der Waals surface area (Å²) < 4.78 is 0. The van der Waals surface area contributed by atoms with Crippen LogP contribution in [0.2, 0.25) is 0 Å². The van der Waals surface area contributed by atoms with Crippen LogP contribution in [-0.4, -0.2) is 20.3 Å². The molecule has 3 N–H and O–H groups in total. The first-order valence-electron chi connectivity index (χ1n) is 9.89. The van der Waals surface area contributed by atoms with Gasteiger partial charge in [-0.1, -0.05) is 46.5 Å². The van der Waals surface area contributed by atoms with Gasteiger partial charge in [-0.05, 0) is 55.0 Å². The van der Waals surface area contributed by atoms with Gasteiger partial charge < -0.3 is 15.3 Å². The van der Waals surface area contributed by atoms with Crippen LogP contribution in [0, 0.1) is 5.92 Å². The van der Waals surface area contributed by atoms with Crippen LogP contribution in [0.1, 0.15) is 77.3 Å². The van der Waals surface area contributed by atoms with Crippen molar-refractivity contribution in [1.82, 2.24) is 4.98 Å². The molecule has 2 aromatic rings. The van der Waals surface area contributed by atoms with Gasteiger partial charge in [0.25, 0.3) is 0 Å². The molecule has 148 valence electrons. The van der Waals surface area contributed by atoms with Gasteiger partial charge in [-0.2, -0.15) is 0 Å². The maximum Gasteiger partial charge on any atom is 0.127 e. The second-order valence-corrected chi connectivity index (χ2v) is 8.18. The Labute approximate surface area is 162 Å². The number of unbranched alkanes of at least 4 members (excludes halogenated alkanes) is 2. The lowest BCUT2D eigenvalue weighted by molar-refractivity contribution is 0.0791. The third kappa shape index (κ3) is 5.01. The molecule has 0 aliphatic rings. The molecule has 2 unspecified atom stereocenters. The summed E-state index contributed by atoms with van der Waals surface area (Å²) in [6.07, 6.45) is 7.92. The summed E-state index contributed by atoms with van der Waals surface area (Å²) in [6, 6.07) is 5.18. The lowest BCUT2D eigenvalue weighted by Crippen LogP contribution is -2.17. The molecule has 4 heteroatoms. The average Bonchev–Trinajstić information content (AvgIpc) is 2.60. The molecule has 1 aromatic carbocycles. The lowest BCUT2D eigenvalue weighted by Gasteiger charge is -2.24. The Morgan fingerprint density at radius 1 is 1.07 bits per heavy atom. The number of phenols is 2. The van der Waals surface area contributed by atoms with Crippen molar-refractivity contribution in [2.75, 3.05) is 0 Å². The Balaban J connectivity index is 2.39. The van der Waals surface area contributed by atoms with Gasteiger partial charge in [0, 0.05) is 18.0 Å². The first kappa shape index (κ1) is 21.2. The van der Waals surface area contributed by atoms with E-state index in [-0.39, 0.29) is 17.4 Å². The van der Waals surface area contributed by atoms with E-state index in [0.717, 1.165) is 12.0 Å². The quantitative estimate of drug-likeness (QED) is 0.520. The summed E-state index contributed by atoms with van der Waals surface area (Å²) in [5.74, 6) is 0.717. The van der Waals surface area contributed by atoms with E-state index in [1.807, 2.05) is 0 Å². The second-order valence-electron chi connectivity index (χ2n) is 8.18. The third-order valence-corrected chi connectivity index (χ3v) is 5.51. The molecule has 0 radical (unpaired) electrons. The van der Waals surface area contributed by atoms with Gasteiger partial charge in [-0.25, -0.2) is 0 Å². The van der Waals surface area contributed by atoms with Crippen LogP contribution >= 0.6 is 0 Å². The summed E-state index contributed by atoms with van der Waals surface area (Å²) >= 11 is 0. The summed E-state index contributed by atoms with van der Waals surface area (Å²) in [4.78, 5) is 4.11. The number of aromatic nitrogens is 1. The fraction of sp³-hybridized carbons (Fsp3) is 0.522. The normalized spacial score (nSPS) is 14.1. The summed E-state index contributed by atoms with van der Waals surface area (Å²) in [5, 5.41) is 31.8. The molecule has 0 fully saturated rings. The predicted octanol–water partition coefficient (Wildman–Crippen LogP) is 5.71. The molecule has 0 saturated carbocycles. The standard InChI is InChI=1S/C23H33NO3/c1-6-7-8-9-15(2)16(3)17-12-20(25)22(21(26)13-17)18-14-24-11-10-19(18)23(4,5)27/h10-16,25-27H,6-9H2,1-5H3. The Morgan fingerprint density at radius 3 is 2.26 bits per heavy atom. The Morgan fingerprint density at radius 2 is 1.70 bits per heavy atom. The molecular weight excluding hydrogens is 338 g/mol. The van der Waals surface area contributed by atoms with Crippen LogP contribution in [-0.2, 0) is 5.60 Å². The Bertz CT molecular complexity index is 741. The first-order valence-corrected chi connectivity index (χ1v) is 9.89. The van der Waals surface area contributed by atoms with Crippen LogP contribution < -0.4 is 0 Å². The van der Waals surface area contributed by atoms with Gasteiger partial charge in [-0.3, -0.25) is 4.98 Å². The minimum Gasteiger partial charge on any atom is -0.507 e. The molecule has 4 nitrogen and oxygen atoms in total. The zero-order valence-electron chi connectivity index (χ0n) is 17.2. The number of aromatic hydroxyl groups is 2. The number of hydrogen-bond acceptors (Lipinski definition) is 4. The summed E-state index contributed by atoms with van der Waals surface area (Å²) in [5.41, 5.74) is 1.27. The van der Waals surface area contributed by atoms with Gasteiger partial charge in [0.2, 0.25) is 0 Å². The highest BCUT2D eigenvalue weighted by molar-refractivity contribution is 5.79. The van der Waals surface area contributed by atoms with Crippen LogP contribution in [0.3, 0.4) is 0 Å². The molecule has 0 spiro atoms. The van der Waals surface area contributed by atoms with Gasteiger partial charge in [-0.15, -0.1) is 0 Å². The molecule has 0 bridgehead atoms. The highest BCUT2D eigenvalue weighted by Gasteiger charge is 2.25. The van der Waals surface area contributed by atoms with E-state index in [9.17, 15) is 15.3 Å². The van der Waals surface area contributed by atoms with E-state index < -0.39 is 5.60 Å². The van der Waals surface area contributed by atoms with Gasteiger partial charge >= 0.3 is 0 Å². The second kappa shape index (κ2) is 8.75. The number of benzene rings is 1. The van der Waals surface area contributed by atoms with Crippen LogP contribution in [0.4, 0.5) is 0 Å². The topological polar surface area (TPSA) is 73.6 Å². The van der Waals surface area contributed by atoms with Crippen molar-refractivity contribution in [2.45, 2.75) is 71.8 Å². The van der Waals surface area contributed by atoms with E-state index in [2.05, 4.69) is 25.8 Å². The van der Waals surface area contributed by atoms with Gasteiger partial charge in [0.1, 0.15) is 11.5 Å². The van der Waals surface area contributed by atoms with Crippen LogP contribution in [0.15, 0.2) is 30.6 Å². The van der Waals surface area contributed by atoms with Crippen LogP contribution in [0.5, 0.6) is 11.5 Å². The average molecular weight is 372 g/mol. The molecule has 0 amide bonds. The van der Waals surface area contributed by atoms with Crippen molar-refractivity contribution < 1.29 is 15.3 Å². The van der Waals surface area contributed by atoms with Crippen molar-refractivity contribution in [2.24, 2.45) is 5.92 Å². The number of pyridine rings is 1. The SMILES string of the molecule is CCCCCC(C)C(C)c1cc(O)c(-c2cnccc2C(C)(C)O)c(O)c1. The highest BCUT2D eigenvalue weighted by Crippen LogP contribution is 2.44. The molecule has 2 atom stereocenters. The minimum absolute atomic E-state index is 0.0103.